The van der Waals surface area contributed by atoms with E-state index >= 15 is 0 Å². The molecule has 0 amide bonds. The molecular formula is C17H16FN5O. The minimum absolute atomic E-state index is 0.273. The summed E-state index contributed by atoms with van der Waals surface area (Å²) in [7, 11) is 0. The van der Waals surface area contributed by atoms with Crippen LogP contribution in [0.25, 0.3) is 11.4 Å². The number of nitrogens with zero attached hydrogens (tertiary/aromatic N) is 5. The van der Waals surface area contributed by atoms with Crippen molar-refractivity contribution in [3.63, 3.8) is 0 Å². The van der Waals surface area contributed by atoms with Gasteiger partial charge in [0.05, 0.1) is 5.56 Å². The van der Waals surface area contributed by atoms with Crippen LogP contribution in [0.3, 0.4) is 0 Å². The fourth-order valence-corrected chi connectivity index (χ4v) is 2.76. The quantitative estimate of drug-likeness (QED) is 0.738. The van der Waals surface area contributed by atoms with Gasteiger partial charge in [-0.15, -0.1) is 0 Å². The zero-order valence-corrected chi connectivity index (χ0v) is 13.0. The van der Waals surface area contributed by atoms with Gasteiger partial charge >= 0.3 is 6.01 Å². The zero-order chi connectivity index (χ0) is 16.4. The lowest BCUT2D eigenvalue weighted by molar-refractivity contribution is 0.409. The van der Waals surface area contributed by atoms with Crippen LogP contribution < -0.4 is 9.80 Å². The third kappa shape index (κ3) is 2.80. The first-order chi connectivity index (χ1) is 11.8. The first-order valence-electron chi connectivity index (χ1n) is 7.81. The molecule has 0 unspecified atom stereocenters. The lowest BCUT2D eigenvalue weighted by Gasteiger charge is -2.34. The van der Waals surface area contributed by atoms with E-state index in [9.17, 15) is 4.39 Å². The number of benzene rings is 1. The third-order valence-electron chi connectivity index (χ3n) is 4.05. The predicted molar refractivity (Wildman–Crippen MR) is 88.4 cm³/mol. The summed E-state index contributed by atoms with van der Waals surface area (Å²) in [5.41, 5.74) is 0.347. The van der Waals surface area contributed by atoms with Crippen LogP contribution in [0, 0.1) is 5.82 Å². The van der Waals surface area contributed by atoms with E-state index in [2.05, 4.69) is 20.0 Å². The summed E-state index contributed by atoms with van der Waals surface area (Å²) in [5, 5.41) is 3.91. The Kier molecular flexibility index (Phi) is 3.82. The van der Waals surface area contributed by atoms with Crippen LogP contribution in [0.5, 0.6) is 0 Å². The number of hydrogen-bond donors (Lipinski definition) is 0. The maximum Gasteiger partial charge on any atom is 0.324 e. The second kappa shape index (κ2) is 6.27. The molecule has 1 fully saturated rings. The Morgan fingerprint density at radius 2 is 1.67 bits per heavy atom. The highest BCUT2D eigenvalue weighted by Crippen LogP contribution is 2.23. The molecule has 24 heavy (non-hydrogen) atoms. The summed E-state index contributed by atoms with van der Waals surface area (Å²) in [6, 6.07) is 12.7. The first-order valence-corrected chi connectivity index (χ1v) is 7.81. The van der Waals surface area contributed by atoms with Crippen molar-refractivity contribution < 1.29 is 8.91 Å². The van der Waals surface area contributed by atoms with Gasteiger partial charge in [0.25, 0.3) is 0 Å². The number of rotatable bonds is 3. The van der Waals surface area contributed by atoms with Crippen molar-refractivity contribution in [2.45, 2.75) is 0 Å². The second-order valence-electron chi connectivity index (χ2n) is 5.54. The van der Waals surface area contributed by atoms with E-state index in [1.807, 2.05) is 23.1 Å². The minimum Gasteiger partial charge on any atom is -0.353 e. The van der Waals surface area contributed by atoms with Gasteiger partial charge in [0.2, 0.25) is 5.82 Å². The van der Waals surface area contributed by atoms with Gasteiger partial charge in [-0.3, -0.25) is 0 Å². The van der Waals surface area contributed by atoms with Gasteiger partial charge in [0.15, 0.2) is 0 Å². The number of aromatic nitrogens is 3. The Morgan fingerprint density at radius 3 is 2.42 bits per heavy atom. The molecule has 0 atom stereocenters. The summed E-state index contributed by atoms with van der Waals surface area (Å²) >= 11 is 0. The highest BCUT2D eigenvalue weighted by molar-refractivity contribution is 5.56. The normalized spacial score (nSPS) is 14.9. The Labute approximate surface area is 138 Å². The van der Waals surface area contributed by atoms with Crippen molar-refractivity contribution in [3.05, 3.63) is 54.5 Å². The molecule has 3 aromatic rings. The average molecular weight is 325 g/mol. The topological polar surface area (TPSA) is 58.3 Å². The van der Waals surface area contributed by atoms with Gasteiger partial charge in [-0.1, -0.05) is 23.4 Å². The molecule has 122 valence electrons. The van der Waals surface area contributed by atoms with Crippen LogP contribution in [0.2, 0.25) is 0 Å². The van der Waals surface area contributed by atoms with E-state index < -0.39 is 0 Å². The van der Waals surface area contributed by atoms with Crippen LogP contribution in [-0.2, 0) is 0 Å². The third-order valence-corrected chi connectivity index (χ3v) is 4.05. The van der Waals surface area contributed by atoms with Gasteiger partial charge in [0, 0.05) is 32.4 Å². The number of piperazine rings is 1. The monoisotopic (exact) mass is 325 g/mol. The van der Waals surface area contributed by atoms with Crippen molar-refractivity contribution in [1.82, 2.24) is 15.1 Å². The highest BCUT2D eigenvalue weighted by atomic mass is 19.1. The maximum atomic E-state index is 13.8. The van der Waals surface area contributed by atoms with E-state index in [0.717, 1.165) is 32.0 Å². The SMILES string of the molecule is Fc1ccccc1-c1noc(N2CCN(c3ccccn3)CC2)n1. The summed E-state index contributed by atoms with van der Waals surface area (Å²) in [4.78, 5) is 12.9. The van der Waals surface area contributed by atoms with Gasteiger partial charge < -0.3 is 14.3 Å². The fourth-order valence-electron chi connectivity index (χ4n) is 2.76. The molecule has 1 aliphatic rings. The number of halogens is 1. The Bertz CT molecular complexity index is 815. The van der Waals surface area contributed by atoms with Crippen LogP contribution in [-0.4, -0.2) is 41.3 Å². The number of anilines is 2. The standard InChI is InChI=1S/C17H16FN5O/c18-14-6-2-1-5-13(14)16-20-17(24-21-16)23-11-9-22(10-12-23)15-7-3-4-8-19-15/h1-8H,9-12H2. The molecule has 0 radical (unpaired) electrons. The molecule has 0 bridgehead atoms. The van der Waals surface area contributed by atoms with Gasteiger partial charge in [-0.2, -0.15) is 4.98 Å². The van der Waals surface area contributed by atoms with Gasteiger partial charge in [0.1, 0.15) is 11.6 Å². The molecule has 0 N–H and O–H groups in total. The molecule has 2 aromatic heterocycles. The molecule has 1 aromatic carbocycles. The number of pyridine rings is 1. The van der Waals surface area contributed by atoms with Crippen LogP contribution in [0.1, 0.15) is 0 Å². The Hall–Kier alpha value is -2.96. The van der Waals surface area contributed by atoms with E-state index in [4.69, 9.17) is 4.52 Å². The highest BCUT2D eigenvalue weighted by Gasteiger charge is 2.23. The van der Waals surface area contributed by atoms with Crippen LogP contribution in [0.4, 0.5) is 16.2 Å². The molecule has 7 heteroatoms. The summed E-state index contributed by atoms with van der Waals surface area (Å²) in [5.74, 6) is 0.884. The molecule has 3 heterocycles. The van der Waals surface area contributed by atoms with E-state index in [0.29, 0.717) is 11.6 Å². The largest absolute Gasteiger partial charge is 0.353 e. The van der Waals surface area contributed by atoms with E-state index in [1.165, 1.54) is 6.07 Å². The summed E-state index contributed by atoms with van der Waals surface area (Å²) in [6.07, 6.45) is 1.79. The lowest BCUT2D eigenvalue weighted by Crippen LogP contribution is -2.47. The van der Waals surface area contributed by atoms with Crippen molar-refractivity contribution in [2.24, 2.45) is 0 Å². The molecule has 0 spiro atoms. The van der Waals surface area contributed by atoms with E-state index in [-0.39, 0.29) is 11.6 Å². The molecule has 1 aliphatic heterocycles. The molecule has 0 aliphatic carbocycles. The van der Waals surface area contributed by atoms with Crippen molar-refractivity contribution in [2.75, 3.05) is 36.0 Å². The number of hydrogen-bond acceptors (Lipinski definition) is 6. The Balaban J connectivity index is 1.46. The fraction of sp³-hybridized carbons (Fsp3) is 0.235. The molecular weight excluding hydrogens is 309 g/mol. The van der Waals surface area contributed by atoms with Crippen molar-refractivity contribution in [3.8, 4) is 11.4 Å². The molecule has 0 saturated carbocycles. The first kappa shape index (κ1) is 14.6. The van der Waals surface area contributed by atoms with Gasteiger partial charge in [-0.25, -0.2) is 9.37 Å². The molecule has 4 rings (SSSR count). The molecule has 1 saturated heterocycles. The van der Waals surface area contributed by atoms with Crippen LogP contribution >= 0.6 is 0 Å². The lowest BCUT2D eigenvalue weighted by atomic mass is 10.2. The van der Waals surface area contributed by atoms with Gasteiger partial charge in [-0.05, 0) is 24.3 Å². The van der Waals surface area contributed by atoms with Crippen LogP contribution in [0.15, 0.2) is 53.2 Å². The smallest absolute Gasteiger partial charge is 0.324 e. The minimum atomic E-state index is -0.357. The average Bonchev–Trinajstić information content (AvgIpc) is 3.13. The predicted octanol–water partition coefficient (Wildman–Crippen LogP) is 2.60. The summed E-state index contributed by atoms with van der Waals surface area (Å²) in [6.45, 7) is 3.12. The maximum absolute atomic E-state index is 13.8. The zero-order valence-electron chi connectivity index (χ0n) is 13.0. The second-order valence-corrected chi connectivity index (χ2v) is 5.54. The van der Waals surface area contributed by atoms with Crippen molar-refractivity contribution in [1.29, 1.82) is 0 Å². The molecule has 6 nitrogen and oxygen atoms in total. The van der Waals surface area contributed by atoms with Crippen molar-refractivity contribution >= 4 is 11.8 Å². The van der Waals surface area contributed by atoms with E-state index in [1.54, 1.807) is 24.4 Å². The summed E-state index contributed by atoms with van der Waals surface area (Å²) < 4.78 is 19.1. The Morgan fingerprint density at radius 1 is 0.917 bits per heavy atom.